The van der Waals surface area contributed by atoms with Crippen LogP contribution >= 0.6 is 11.8 Å². The number of thioether (sulfide) groups is 1. The fourth-order valence-electron chi connectivity index (χ4n) is 3.00. The van der Waals surface area contributed by atoms with Crippen molar-refractivity contribution in [3.63, 3.8) is 0 Å². The number of carbonyl (C=O) groups excluding carboxylic acids is 1. The number of rotatable bonds is 3. The molecule has 5 nitrogen and oxygen atoms in total. The second-order valence-corrected chi connectivity index (χ2v) is 6.13. The van der Waals surface area contributed by atoms with Crippen LogP contribution in [0, 0.1) is 0 Å². The maximum absolute atomic E-state index is 12.5. The van der Waals surface area contributed by atoms with E-state index in [1.165, 1.54) is 11.8 Å². The molecule has 0 atom stereocenters. The van der Waals surface area contributed by atoms with E-state index < -0.39 is 0 Å². The first-order chi connectivity index (χ1) is 9.70. The van der Waals surface area contributed by atoms with E-state index in [0.29, 0.717) is 5.16 Å². The number of hydrogen-bond donors (Lipinski definition) is 0. The van der Waals surface area contributed by atoms with Crippen LogP contribution in [0.15, 0.2) is 9.95 Å². The highest BCUT2D eigenvalue weighted by Crippen LogP contribution is 2.20. The van der Waals surface area contributed by atoms with Crippen LogP contribution in [0.5, 0.6) is 0 Å². The summed E-state index contributed by atoms with van der Waals surface area (Å²) in [4.78, 5) is 31.2. The first-order valence-electron chi connectivity index (χ1n) is 7.15. The van der Waals surface area contributed by atoms with Crippen LogP contribution in [0.1, 0.15) is 30.5 Å². The lowest BCUT2D eigenvalue weighted by molar-refractivity contribution is -0.130. The van der Waals surface area contributed by atoms with Gasteiger partial charge >= 0.3 is 0 Å². The van der Waals surface area contributed by atoms with Crippen molar-refractivity contribution in [1.29, 1.82) is 0 Å². The minimum atomic E-state index is -0.00982. The van der Waals surface area contributed by atoms with Crippen molar-refractivity contribution in [2.45, 2.75) is 43.8 Å². The summed E-state index contributed by atoms with van der Waals surface area (Å²) in [5.74, 6) is 0.0413. The van der Waals surface area contributed by atoms with Crippen molar-refractivity contribution < 1.29 is 4.79 Å². The molecule has 1 aliphatic carbocycles. The molecule has 1 aromatic heterocycles. The third-order valence-corrected chi connectivity index (χ3v) is 4.77. The summed E-state index contributed by atoms with van der Waals surface area (Å²) in [6.07, 6.45) is 6.72. The Bertz CT molecular complexity index is 591. The van der Waals surface area contributed by atoms with E-state index >= 15 is 0 Å². The Hall–Kier alpha value is -1.30. The van der Waals surface area contributed by atoms with Gasteiger partial charge in [0.2, 0.25) is 5.91 Å². The number of hydrogen-bond acceptors (Lipinski definition) is 4. The molecule has 0 bridgehead atoms. The Kier molecular flexibility index (Phi) is 3.83. The maximum Gasteiger partial charge on any atom is 0.258 e. The van der Waals surface area contributed by atoms with Gasteiger partial charge in [-0.15, -0.1) is 0 Å². The molecule has 1 aromatic rings. The average Bonchev–Trinajstić information content (AvgIpc) is 3.11. The molecule has 0 N–H and O–H groups in total. The van der Waals surface area contributed by atoms with Gasteiger partial charge in [0.1, 0.15) is 6.54 Å². The van der Waals surface area contributed by atoms with Gasteiger partial charge in [0.05, 0.1) is 5.69 Å². The molecule has 0 unspecified atom stereocenters. The van der Waals surface area contributed by atoms with E-state index in [4.69, 9.17) is 0 Å². The molecule has 0 radical (unpaired) electrons. The molecule has 2 aliphatic rings. The lowest BCUT2D eigenvalue weighted by Gasteiger charge is -2.18. The highest BCUT2D eigenvalue weighted by atomic mass is 32.2. The smallest absolute Gasteiger partial charge is 0.258 e. The monoisotopic (exact) mass is 293 g/mol. The van der Waals surface area contributed by atoms with Gasteiger partial charge in [-0.3, -0.25) is 14.2 Å². The molecule has 0 saturated carbocycles. The Morgan fingerprint density at radius 2 is 2.00 bits per heavy atom. The van der Waals surface area contributed by atoms with Gasteiger partial charge in [0.25, 0.3) is 5.56 Å². The zero-order valence-corrected chi connectivity index (χ0v) is 12.5. The summed E-state index contributed by atoms with van der Waals surface area (Å²) in [5.41, 5.74) is 1.74. The van der Waals surface area contributed by atoms with Crippen molar-refractivity contribution in [1.82, 2.24) is 14.5 Å². The van der Waals surface area contributed by atoms with E-state index in [-0.39, 0.29) is 18.0 Å². The lowest BCUT2D eigenvalue weighted by Crippen LogP contribution is -2.36. The van der Waals surface area contributed by atoms with Gasteiger partial charge in [-0.2, -0.15) is 0 Å². The van der Waals surface area contributed by atoms with E-state index in [1.807, 2.05) is 11.2 Å². The van der Waals surface area contributed by atoms with Crippen LogP contribution in [0.3, 0.4) is 0 Å². The standard InChI is InChI=1S/C14H19N3O2S/c1-20-14-15-11-6-4-5-10(11)13(19)17(14)9-12(18)16-7-2-3-8-16/h2-9H2,1H3. The first-order valence-corrected chi connectivity index (χ1v) is 8.37. The minimum absolute atomic E-state index is 0.00982. The number of amides is 1. The largest absolute Gasteiger partial charge is 0.341 e. The predicted molar refractivity (Wildman–Crippen MR) is 78.1 cm³/mol. The average molecular weight is 293 g/mol. The quantitative estimate of drug-likeness (QED) is 0.618. The minimum Gasteiger partial charge on any atom is -0.341 e. The molecule has 3 rings (SSSR count). The van der Waals surface area contributed by atoms with E-state index in [1.54, 1.807) is 4.57 Å². The SMILES string of the molecule is CSc1nc2c(c(=O)n1CC(=O)N1CCCC1)CCC2. The zero-order valence-electron chi connectivity index (χ0n) is 11.7. The Balaban J connectivity index is 1.92. The van der Waals surface area contributed by atoms with Crippen molar-refractivity contribution in [3.05, 3.63) is 21.6 Å². The number of carbonyl (C=O) groups is 1. The fraction of sp³-hybridized carbons (Fsp3) is 0.643. The van der Waals surface area contributed by atoms with Crippen LogP contribution in [-0.2, 0) is 24.2 Å². The topological polar surface area (TPSA) is 55.2 Å². The van der Waals surface area contributed by atoms with Gasteiger partial charge in [0, 0.05) is 18.7 Å². The number of aromatic nitrogens is 2. The van der Waals surface area contributed by atoms with Crippen LogP contribution in [0.2, 0.25) is 0 Å². The van der Waals surface area contributed by atoms with Crippen molar-refractivity contribution in [2.75, 3.05) is 19.3 Å². The van der Waals surface area contributed by atoms with Crippen molar-refractivity contribution in [2.24, 2.45) is 0 Å². The molecular weight excluding hydrogens is 274 g/mol. The molecule has 1 saturated heterocycles. The van der Waals surface area contributed by atoms with Gasteiger partial charge in [-0.1, -0.05) is 11.8 Å². The Labute approximate surface area is 122 Å². The lowest BCUT2D eigenvalue weighted by atomic mass is 10.2. The second kappa shape index (κ2) is 5.60. The third kappa shape index (κ3) is 2.37. The molecule has 2 heterocycles. The summed E-state index contributed by atoms with van der Waals surface area (Å²) in [6.45, 7) is 1.77. The molecule has 1 amide bonds. The number of aryl methyl sites for hydroxylation is 1. The van der Waals surface area contributed by atoms with Gasteiger partial charge in [-0.25, -0.2) is 4.98 Å². The van der Waals surface area contributed by atoms with Crippen molar-refractivity contribution >= 4 is 17.7 Å². The highest BCUT2D eigenvalue weighted by molar-refractivity contribution is 7.98. The van der Waals surface area contributed by atoms with Gasteiger partial charge in [-0.05, 0) is 38.4 Å². The molecular formula is C14H19N3O2S. The second-order valence-electron chi connectivity index (χ2n) is 5.36. The summed E-state index contributed by atoms with van der Waals surface area (Å²) in [7, 11) is 0. The first kappa shape index (κ1) is 13.7. The summed E-state index contributed by atoms with van der Waals surface area (Å²) < 4.78 is 1.56. The predicted octanol–water partition coefficient (Wildman–Crippen LogP) is 1.08. The van der Waals surface area contributed by atoms with E-state index in [0.717, 1.165) is 56.5 Å². The maximum atomic E-state index is 12.5. The number of fused-ring (bicyclic) bond motifs is 1. The zero-order chi connectivity index (χ0) is 14.1. The van der Waals surface area contributed by atoms with E-state index in [2.05, 4.69) is 4.98 Å². The normalized spacial score (nSPS) is 17.6. The van der Waals surface area contributed by atoms with Crippen LogP contribution in [0.25, 0.3) is 0 Å². The van der Waals surface area contributed by atoms with Crippen LogP contribution in [-0.4, -0.2) is 39.7 Å². The fourth-order valence-corrected chi connectivity index (χ4v) is 3.57. The molecule has 6 heteroatoms. The van der Waals surface area contributed by atoms with Gasteiger partial charge < -0.3 is 4.90 Å². The number of nitrogens with zero attached hydrogens (tertiary/aromatic N) is 3. The summed E-state index contributed by atoms with van der Waals surface area (Å²) in [6, 6.07) is 0. The Morgan fingerprint density at radius 3 is 2.70 bits per heavy atom. The van der Waals surface area contributed by atoms with Crippen molar-refractivity contribution in [3.8, 4) is 0 Å². The highest BCUT2D eigenvalue weighted by Gasteiger charge is 2.24. The van der Waals surface area contributed by atoms with Crippen LogP contribution in [0.4, 0.5) is 0 Å². The van der Waals surface area contributed by atoms with Gasteiger partial charge in [0.15, 0.2) is 5.16 Å². The summed E-state index contributed by atoms with van der Waals surface area (Å²) in [5, 5.41) is 0.670. The number of likely N-dealkylation sites (tertiary alicyclic amines) is 1. The molecule has 108 valence electrons. The summed E-state index contributed by atoms with van der Waals surface area (Å²) >= 11 is 1.44. The molecule has 0 spiro atoms. The molecule has 0 aromatic carbocycles. The molecule has 1 aliphatic heterocycles. The molecule has 1 fully saturated rings. The Morgan fingerprint density at radius 1 is 1.25 bits per heavy atom. The molecule has 20 heavy (non-hydrogen) atoms. The third-order valence-electron chi connectivity index (χ3n) is 4.09. The van der Waals surface area contributed by atoms with E-state index in [9.17, 15) is 9.59 Å². The van der Waals surface area contributed by atoms with Crippen LogP contribution < -0.4 is 5.56 Å².